The molecule has 1 aliphatic carbocycles. The number of amides is 1. The normalized spacial score (nSPS) is 17.6. The number of rotatable bonds is 5. The van der Waals surface area contributed by atoms with E-state index in [0.717, 1.165) is 37.7 Å². The van der Waals surface area contributed by atoms with Gasteiger partial charge in [0.25, 0.3) is 0 Å². The molecule has 0 radical (unpaired) electrons. The molecule has 1 aromatic rings. The molecule has 20 heavy (non-hydrogen) atoms. The molecule has 1 amide bonds. The average Bonchev–Trinajstić information content (AvgIpc) is 2.85. The van der Waals surface area contributed by atoms with Gasteiger partial charge in [-0.1, -0.05) is 31.5 Å². The molecule has 1 saturated carbocycles. The number of carbonyl (C=O) groups excluding carboxylic acids is 1. The van der Waals surface area contributed by atoms with Crippen LogP contribution in [0.15, 0.2) is 12.4 Å². The summed E-state index contributed by atoms with van der Waals surface area (Å²) in [6.45, 7) is 3.20. The van der Waals surface area contributed by atoms with Gasteiger partial charge in [0.05, 0.1) is 23.1 Å². The van der Waals surface area contributed by atoms with Crippen molar-refractivity contribution in [1.29, 1.82) is 0 Å². The van der Waals surface area contributed by atoms with E-state index in [-0.39, 0.29) is 5.91 Å². The smallest absolute Gasteiger partial charge is 0.233 e. The largest absolute Gasteiger partial charge is 0.392 e. The van der Waals surface area contributed by atoms with Crippen LogP contribution in [0.4, 0.5) is 0 Å². The lowest BCUT2D eigenvalue weighted by Crippen LogP contribution is -2.50. The van der Waals surface area contributed by atoms with Gasteiger partial charge in [0, 0.05) is 12.7 Å². The summed E-state index contributed by atoms with van der Waals surface area (Å²) in [6.07, 6.45) is 8.50. The van der Waals surface area contributed by atoms with Crippen LogP contribution in [0.25, 0.3) is 0 Å². The van der Waals surface area contributed by atoms with Gasteiger partial charge in [0.2, 0.25) is 5.91 Å². The first kappa shape index (κ1) is 15.0. The second-order valence-electron chi connectivity index (χ2n) is 5.54. The van der Waals surface area contributed by atoms with Crippen LogP contribution >= 0.6 is 12.2 Å². The van der Waals surface area contributed by atoms with Gasteiger partial charge < -0.3 is 11.1 Å². The predicted molar refractivity (Wildman–Crippen MR) is 82.3 cm³/mol. The molecule has 0 spiro atoms. The lowest BCUT2D eigenvalue weighted by molar-refractivity contribution is -0.128. The fraction of sp³-hybridized carbons (Fsp3) is 0.643. The lowest BCUT2D eigenvalue weighted by Gasteiger charge is -2.34. The first-order chi connectivity index (χ1) is 9.54. The minimum atomic E-state index is -0.631. The molecule has 110 valence electrons. The molecule has 0 aromatic carbocycles. The van der Waals surface area contributed by atoms with Gasteiger partial charge in [-0.3, -0.25) is 9.48 Å². The summed E-state index contributed by atoms with van der Waals surface area (Å²) in [4.78, 5) is 12.8. The molecule has 1 aliphatic rings. The molecule has 2 rings (SSSR count). The quantitative estimate of drug-likeness (QED) is 0.808. The average molecular weight is 294 g/mol. The summed E-state index contributed by atoms with van der Waals surface area (Å²) in [5.41, 5.74) is 6.33. The van der Waals surface area contributed by atoms with Crippen molar-refractivity contribution in [2.75, 3.05) is 6.54 Å². The van der Waals surface area contributed by atoms with Crippen molar-refractivity contribution in [2.24, 2.45) is 11.1 Å². The Morgan fingerprint density at radius 2 is 2.20 bits per heavy atom. The van der Waals surface area contributed by atoms with Crippen LogP contribution < -0.4 is 11.1 Å². The summed E-state index contributed by atoms with van der Waals surface area (Å²) in [5.74, 6) is -0.0198. The highest BCUT2D eigenvalue weighted by Gasteiger charge is 2.42. The number of thiocarbonyl (C=S) groups is 1. The predicted octanol–water partition coefficient (Wildman–Crippen LogP) is 1.54. The minimum absolute atomic E-state index is 0.0198. The van der Waals surface area contributed by atoms with E-state index in [9.17, 15) is 4.79 Å². The van der Waals surface area contributed by atoms with E-state index in [4.69, 9.17) is 18.0 Å². The Labute approximate surface area is 124 Å². The topological polar surface area (TPSA) is 72.9 Å². The van der Waals surface area contributed by atoms with Gasteiger partial charge in [0.15, 0.2) is 0 Å². The molecule has 1 heterocycles. The highest BCUT2D eigenvalue weighted by Crippen LogP contribution is 2.36. The molecule has 0 aliphatic heterocycles. The maximum atomic E-state index is 12.4. The molecule has 1 aromatic heterocycles. The standard InChI is InChI=1S/C14H22N4OS/c1-11-9-17-18(10-11)8-7-16-13(19)14(12(15)20)5-3-2-4-6-14/h9-10H,2-8H2,1H3,(H2,15,20)(H,16,19). The molecule has 0 unspecified atom stereocenters. The number of nitrogens with one attached hydrogen (secondary N) is 1. The molecule has 5 nitrogen and oxygen atoms in total. The summed E-state index contributed by atoms with van der Waals surface area (Å²) < 4.78 is 1.82. The Bertz CT molecular complexity index is 491. The highest BCUT2D eigenvalue weighted by molar-refractivity contribution is 7.80. The van der Waals surface area contributed by atoms with E-state index >= 15 is 0 Å². The molecule has 6 heteroatoms. The molecule has 1 fully saturated rings. The van der Waals surface area contributed by atoms with Gasteiger partial charge in [-0.15, -0.1) is 0 Å². The fourth-order valence-electron chi connectivity index (χ4n) is 2.78. The van der Waals surface area contributed by atoms with Crippen LogP contribution in [0.5, 0.6) is 0 Å². The van der Waals surface area contributed by atoms with Crippen molar-refractivity contribution in [2.45, 2.75) is 45.6 Å². The second kappa shape index (κ2) is 6.35. The van der Waals surface area contributed by atoms with E-state index in [0.29, 0.717) is 18.1 Å². The lowest BCUT2D eigenvalue weighted by atomic mass is 9.73. The monoisotopic (exact) mass is 294 g/mol. The van der Waals surface area contributed by atoms with E-state index < -0.39 is 5.41 Å². The third kappa shape index (κ3) is 3.17. The summed E-state index contributed by atoms with van der Waals surface area (Å²) in [5, 5.41) is 7.16. The third-order valence-corrected chi connectivity index (χ3v) is 4.39. The van der Waals surface area contributed by atoms with Crippen LogP contribution in [0, 0.1) is 12.3 Å². The SMILES string of the molecule is Cc1cnn(CCNC(=O)C2(C(N)=S)CCCCC2)c1. The van der Waals surface area contributed by atoms with Crippen LogP contribution in [-0.4, -0.2) is 27.2 Å². The summed E-state index contributed by atoms with van der Waals surface area (Å²) in [7, 11) is 0. The third-order valence-electron chi connectivity index (χ3n) is 4.00. The van der Waals surface area contributed by atoms with Crippen molar-refractivity contribution in [3.63, 3.8) is 0 Å². The van der Waals surface area contributed by atoms with Crippen LogP contribution in [0.2, 0.25) is 0 Å². The first-order valence-electron chi connectivity index (χ1n) is 7.12. The number of hydrogen-bond acceptors (Lipinski definition) is 3. The van der Waals surface area contributed by atoms with Gasteiger partial charge in [-0.05, 0) is 25.3 Å². The van der Waals surface area contributed by atoms with Gasteiger partial charge in [0.1, 0.15) is 0 Å². The van der Waals surface area contributed by atoms with Crippen molar-refractivity contribution in [3.8, 4) is 0 Å². The zero-order valence-electron chi connectivity index (χ0n) is 11.9. The summed E-state index contributed by atoms with van der Waals surface area (Å²) >= 11 is 5.15. The van der Waals surface area contributed by atoms with Gasteiger partial charge >= 0.3 is 0 Å². The Balaban J connectivity index is 1.90. The van der Waals surface area contributed by atoms with Crippen LogP contribution in [0.3, 0.4) is 0 Å². The number of nitrogens with two attached hydrogens (primary N) is 1. The van der Waals surface area contributed by atoms with Crippen molar-refractivity contribution < 1.29 is 4.79 Å². The number of aryl methyl sites for hydroxylation is 1. The van der Waals surface area contributed by atoms with Crippen molar-refractivity contribution in [1.82, 2.24) is 15.1 Å². The molecular formula is C14H22N4OS. The fourth-order valence-corrected chi connectivity index (χ4v) is 3.08. The molecule has 0 saturated heterocycles. The Hall–Kier alpha value is -1.43. The zero-order valence-corrected chi connectivity index (χ0v) is 12.7. The number of nitrogens with zero attached hydrogens (tertiary/aromatic N) is 2. The van der Waals surface area contributed by atoms with Gasteiger partial charge in [-0.2, -0.15) is 5.10 Å². The van der Waals surface area contributed by atoms with Crippen LogP contribution in [-0.2, 0) is 11.3 Å². The van der Waals surface area contributed by atoms with Crippen LogP contribution in [0.1, 0.15) is 37.7 Å². The molecule has 0 atom stereocenters. The van der Waals surface area contributed by atoms with Crippen molar-refractivity contribution in [3.05, 3.63) is 18.0 Å². The maximum Gasteiger partial charge on any atom is 0.233 e. The highest BCUT2D eigenvalue weighted by atomic mass is 32.1. The Morgan fingerprint density at radius 1 is 1.50 bits per heavy atom. The zero-order chi connectivity index (χ0) is 14.6. The second-order valence-corrected chi connectivity index (χ2v) is 5.98. The van der Waals surface area contributed by atoms with Gasteiger partial charge in [-0.25, -0.2) is 0 Å². The van der Waals surface area contributed by atoms with E-state index in [1.54, 1.807) is 6.20 Å². The first-order valence-corrected chi connectivity index (χ1v) is 7.53. The minimum Gasteiger partial charge on any atom is -0.392 e. The number of carbonyl (C=O) groups is 1. The van der Waals surface area contributed by atoms with E-state index in [1.165, 1.54) is 0 Å². The van der Waals surface area contributed by atoms with Crippen molar-refractivity contribution >= 4 is 23.1 Å². The molecule has 3 N–H and O–H groups in total. The van der Waals surface area contributed by atoms with E-state index in [2.05, 4.69) is 10.4 Å². The Morgan fingerprint density at radius 3 is 2.75 bits per heavy atom. The number of aromatic nitrogens is 2. The molecule has 0 bridgehead atoms. The maximum absolute atomic E-state index is 12.4. The van der Waals surface area contributed by atoms with E-state index in [1.807, 2.05) is 17.8 Å². The number of hydrogen-bond donors (Lipinski definition) is 2. The molecular weight excluding hydrogens is 272 g/mol. The summed E-state index contributed by atoms with van der Waals surface area (Å²) in [6, 6.07) is 0. The Kier molecular flexibility index (Phi) is 4.75.